The van der Waals surface area contributed by atoms with Crippen molar-refractivity contribution in [2.24, 2.45) is 0 Å². The van der Waals surface area contributed by atoms with Crippen LogP contribution in [0.3, 0.4) is 0 Å². The lowest BCUT2D eigenvalue weighted by Gasteiger charge is -2.16. The number of nitrogens with one attached hydrogen (secondary N) is 2. The number of imide groups is 1. The predicted octanol–water partition coefficient (Wildman–Crippen LogP) is 2.02. The molecule has 26 heavy (non-hydrogen) atoms. The highest BCUT2D eigenvalue weighted by Gasteiger charge is 2.39. The summed E-state index contributed by atoms with van der Waals surface area (Å²) in [6, 6.07) is 12.7. The van der Waals surface area contributed by atoms with E-state index in [4.69, 9.17) is 4.74 Å². The molecule has 7 nitrogen and oxygen atoms in total. The second-order valence-electron chi connectivity index (χ2n) is 5.60. The van der Waals surface area contributed by atoms with Crippen LogP contribution in [0.4, 0.5) is 5.69 Å². The molecule has 1 saturated heterocycles. The number of halogens is 1. The second kappa shape index (κ2) is 7.67. The van der Waals surface area contributed by atoms with Gasteiger partial charge >= 0.3 is 0 Å². The van der Waals surface area contributed by atoms with E-state index in [1.54, 1.807) is 48.5 Å². The monoisotopic (exact) mass is 417 g/mol. The summed E-state index contributed by atoms with van der Waals surface area (Å²) in [5, 5.41) is 0. The average Bonchev–Trinajstić information content (AvgIpc) is 2.93. The zero-order valence-electron chi connectivity index (χ0n) is 13.9. The van der Waals surface area contributed by atoms with Gasteiger partial charge in [0.15, 0.2) is 0 Å². The molecule has 0 unspecified atom stereocenters. The number of carbonyl (C=O) groups excluding carboxylic acids is 3. The molecule has 1 aliphatic rings. The molecule has 2 aromatic rings. The first-order valence-electron chi connectivity index (χ1n) is 7.82. The molecule has 3 amide bonds. The van der Waals surface area contributed by atoms with Crippen molar-refractivity contribution in [3.8, 4) is 5.75 Å². The van der Waals surface area contributed by atoms with Crippen molar-refractivity contribution in [3.63, 3.8) is 0 Å². The Labute approximate surface area is 158 Å². The quantitative estimate of drug-likeness (QED) is 0.573. The van der Waals surface area contributed by atoms with E-state index in [9.17, 15) is 14.4 Å². The summed E-state index contributed by atoms with van der Waals surface area (Å²) in [7, 11) is 1.54. The third-order valence-corrected chi connectivity index (χ3v) is 4.65. The first-order chi connectivity index (χ1) is 12.5. The number of carbonyl (C=O) groups is 3. The van der Waals surface area contributed by atoms with Crippen LogP contribution in [0.5, 0.6) is 5.75 Å². The number of hydrazine groups is 1. The van der Waals surface area contributed by atoms with Gasteiger partial charge in [0.25, 0.3) is 11.8 Å². The zero-order chi connectivity index (χ0) is 18.7. The summed E-state index contributed by atoms with van der Waals surface area (Å²) in [4.78, 5) is 38.1. The average molecular weight is 418 g/mol. The number of benzene rings is 2. The summed E-state index contributed by atoms with van der Waals surface area (Å²) in [5.41, 5.74) is 6.02. The number of hydrogen-bond acceptors (Lipinski definition) is 5. The summed E-state index contributed by atoms with van der Waals surface area (Å²) in [6.45, 7) is 0. The molecule has 1 fully saturated rings. The number of hydrogen-bond donors (Lipinski definition) is 2. The van der Waals surface area contributed by atoms with E-state index in [1.165, 1.54) is 7.11 Å². The lowest BCUT2D eigenvalue weighted by Crippen LogP contribution is -2.48. The van der Waals surface area contributed by atoms with Gasteiger partial charge in [0.2, 0.25) is 5.91 Å². The number of ether oxygens (including phenoxy) is 1. The summed E-state index contributed by atoms with van der Waals surface area (Å²) >= 11 is 3.30. The zero-order valence-corrected chi connectivity index (χ0v) is 15.4. The fourth-order valence-electron chi connectivity index (χ4n) is 2.61. The van der Waals surface area contributed by atoms with Gasteiger partial charge in [-0.15, -0.1) is 0 Å². The van der Waals surface area contributed by atoms with E-state index in [0.717, 1.165) is 4.90 Å². The van der Waals surface area contributed by atoms with E-state index >= 15 is 0 Å². The van der Waals surface area contributed by atoms with Crippen molar-refractivity contribution in [2.45, 2.75) is 12.5 Å². The maximum absolute atomic E-state index is 12.5. The van der Waals surface area contributed by atoms with E-state index in [0.29, 0.717) is 21.5 Å². The summed E-state index contributed by atoms with van der Waals surface area (Å²) in [5.74, 6) is -0.538. The molecule has 0 spiro atoms. The van der Waals surface area contributed by atoms with E-state index in [1.807, 2.05) is 0 Å². The van der Waals surface area contributed by atoms with Crippen LogP contribution in [0.1, 0.15) is 16.8 Å². The van der Waals surface area contributed by atoms with Crippen LogP contribution >= 0.6 is 15.9 Å². The highest BCUT2D eigenvalue weighted by Crippen LogP contribution is 2.25. The minimum Gasteiger partial charge on any atom is -0.497 e. The van der Waals surface area contributed by atoms with Gasteiger partial charge in [-0.1, -0.05) is 12.1 Å². The molecule has 134 valence electrons. The highest BCUT2D eigenvalue weighted by atomic mass is 79.9. The number of anilines is 1. The van der Waals surface area contributed by atoms with Gasteiger partial charge < -0.3 is 4.74 Å². The van der Waals surface area contributed by atoms with Crippen LogP contribution in [0, 0.1) is 0 Å². The SMILES string of the molecule is COc1ccc(N2C(=O)C[C@H](NNC(=O)c3ccccc3Br)C2=O)cc1. The van der Waals surface area contributed by atoms with Crippen LogP contribution in [0.25, 0.3) is 0 Å². The van der Waals surface area contributed by atoms with Gasteiger partial charge in [0.1, 0.15) is 11.8 Å². The molecule has 8 heteroatoms. The van der Waals surface area contributed by atoms with Crippen LogP contribution in [-0.4, -0.2) is 30.9 Å². The van der Waals surface area contributed by atoms with Gasteiger partial charge in [-0.05, 0) is 52.3 Å². The standard InChI is InChI=1S/C18H16BrN3O4/c1-26-12-8-6-11(7-9-12)22-16(23)10-15(18(22)25)20-21-17(24)13-4-2-3-5-14(13)19/h2-9,15,20H,10H2,1H3,(H,21,24)/t15-/m0/s1. The van der Waals surface area contributed by atoms with Gasteiger partial charge in [-0.2, -0.15) is 0 Å². The summed E-state index contributed by atoms with van der Waals surface area (Å²) in [6.07, 6.45) is -0.0406. The van der Waals surface area contributed by atoms with Crippen molar-refractivity contribution < 1.29 is 19.1 Å². The highest BCUT2D eigenvalue weighted by molar-refractivity contribution is 9.10. The fraction of sp³-hybridized carbons (Fsp3) is 0.167. The normalized spacial score (nSPS) is 16.7. The molecule has 0 saturated carbocycles. The van der Waals surface area contributed by atoms with Crippen LogP contribution in [-0.2, 0) is 9.59 Å². The molecule has 2 N–H and O–H groups in total. The van der Waals surface area contributed by atoms with E-state index in [-0.39, 0.29) is 12.3 Å². The van der Waals surface area contributed by atoms with Crippen molar-refractivity contribution in [2.75, 3.05) is 12.0 Å². The third kappa shape index (κ3) is 3.61. The minimum absolute atomic E-state index is 0.0406. The van der Waals surface area contributed by atoms with Gasteiger partial charge in [0.05, 0.1) is 24.8 Å². The van der Waals surface area contributed by atoms with Crippen molar-refractivity contribution in [3.05, 3.63) is 58.6 Å². The van der Waals surface area contributed by atoms with Crippen molar-refractivity contribution in [1.29, 1.82) is 0 Å². The number of amides is 3. The Balaban J connectivity index is 1.67. The largest absolute Gasteiger partial charge is 0.497 e. The Kier molecular flexibility index (Phi) is 5.34. The maximum atomic E-state index is 12.5. The molecule has 0 radical (unpaired) electrons. The topological polar surface area (TPSA) is 87.7 Å². The summed E-state index contributed by atoms with van der Waals surface area (Å²) < 4.78 is 5.70. The van der Waals surface area contributed by atoms with Crippen LogP contribution in [0.15, 0.2) is 53.0 Å². The molecule has 1 aliphatic heterocycles. The Morgan fingerprint density at radius 1 is 1.15 bits per heavy atom. The van der Waals surface area contributed by atoms with Crippen molar-refractivity contribution in [1.82, 2.24) is 10.9 Å². The lowest BCUT2D eigenvalue weighted by molar-refractivity contribution is -0.121. The number of methoxy groups -OCH3 is 1. The first-order valence-corrected chi connectivity index (χ1v) is 8.62. The fourth-order valence-corrected chi connectivity index (χ4v) is 3.08. The smallest absolute Gasteiger partial charge is 0.266 e. The van der Waals surface area contributed by atoms with E-state index in [2.05, 4.69) is 26.8 Å². The number of nitrogens with zero attached hydrogens (tertiary/aromatic N) is 1. The van der Waals surface area contributed by atoms with E-state index < -0.39 is 17.9 Å². The molecule has 3 rings (SSSR count). The minimum atomic E-state index is -0.823. The molecule has 0 bridgehead atoms. The van der Waals surface area contributed by atoms with Gasteiger partial charge in [-0.3, -0.25) is 19.8 Å². The van der Waals surface area contributed by atoms with Gasteiger partial charge in [-0.25, -0.2) is 10.3 Å². The maximum Gasteiger partial charge on any atom is 0.266 e. The van der Waals surface area contributed by atoms with Crippen LogP contribution < -0.4 is 20.5 Å². The molecule has 0 aromatic heterocycles. The lowest BCUT2D eigenvalue weighted by atomic mass is 10.2. The molecule has 1 heterocycles. The third-order valence-electron chi connectivity index (χ3n) is 3.96. The first kappa shape index (κ1) is 18.1. The van der Waals surface area contributed by atoms with Gasteiger partial charge in [0, 0.05) is 4.47 Å². The Bertz CT molecular complexity index is 854. The molecule has 0 aliphatic carbocycles. The molecule has 1 atom stereocenters. The Morgan fingerprint density at radius 2 is 1.85 bits per heavy atom. The van der Waals surface area contributed by atoms with Crippen molar-refractivity contribution >= 4 is 39.3 Å². The molecular formula is C18H16BrN3O4. The van der Waals surface area contributed by atoms with Crippen LogP contribution in [0.2, 0.25) is 0 Å². The predicted molar refractivity (Wildman–Crippen MR) is 98.6 cm³/mol. The Morgan fingerprint density at radius 3 is 2.50 bits per heavy atom. The molecular weight excluding hydrogens is 402 g/mol. The Hall–Kier alpha value is -2.71. The second-order valence-corrected chi connectivity index (χ2v) is 6.45. The molecule has 2 aromatic carbocycles. The number of rotatable bonds is 5.